The van der Waals surface area contributed by atoms with Gasteiger partial charge in [-0.15, -0.1) is 0 Å². The largest absolute Gasteiger partial charge is 0.497 e. The van der Waals surface area contributed by atoms with Gasteiger partial charge in [0.25, 0.3) is 0 Å². The summed E-state index contributed by atoms with van der Waals surface area (Å²) in [7, 11) is 1.69. The van der Waals surface area contributed by atoms with Crippen LogP contribution in [0.5, 0.6) is 5.75 Å². The molecule has 0 saturated heterocycles. The van der Waals surface area contributed by atoms with Gasteiger partial charge in [-0.25, -0.2) is 9.97 Å². The summed E-state index contributed by atoms with van der Waals surface area (Å²) in [5.41, 5.74) is 7.81. The van der Waals surface area contributed by atoms with Gasteiger partial charge in [0.2, 0.25) is 5.91 Å². The van der Waals surface area contributed by atoms with Gasteiger partial charge in [-0.3, -0.25) is 4.79 Å². The molecule has 6 nitrogen and oxygen atoms in total. The first-order valence-corrected chi connectivity index (χ1v) is 12.6. The zero-order valence-corrected chi connectivity index (χ0v) is 19.7. The van der Waals surface area contributed by atoms with E-state index >= 15 is 0 Å². The van der Waals surface area contributed by atoms with E-state index in [1.165, 1.54) is 31.0 Å². The van der Waals surface area contributed by atoms with Crippen LogP contribution < -0.4 is 10.5 Å². The van der Waals surface area contributed by atoms with Gasteiger partial charge in [0.05, 0.1) is 12.9 Å². The number of hydrogen-bond donors (Lipinski definition) is 1. The predicted octanol–water partition coefficient (Wildman–Crippen LogP) is 4.47. The minimum atomic E-state index is -0.0119. The topological polar surface area (TPSA) is 81.3 Å². The third kappa shape index (κ3) is 4.32. The van der Waals surface area contributed by atoms with E-state index in [9.17, 15) is 4.79 Å². The number of carbonyl (C=O) groups excluding carboxylic acids is 1. The van der Waals surface area contributed by atoms with Crippen molar-refractivity contribution in [2.45, 2.75) is 62.7 Å². The van der Waals surface area contributed by atoms with E-state index in [1.54, 1.807) is 13.2 Å². The molecule has 0 aliphatic heterocycles. The Morgan fingerprint density at radius 2 is 1.84 bits per heavy atom. The zero-order chi connectivity index (χ0) is 22.3. The van der Waals surface area contributed by atoms with E-state index in [0.29, 0.717) is 23.3 Å². The van der Waals surface area contributed by atoms with Gasteiger partial charge in [0.15, 0.2) is 5.16 Å². The second-order valence-electron chi connectivity index (χ2n) is 9.98. The predicted molar refractivity (Wildman–Crippen MR) is 126 cm³/mol. The maximum absolute atomic E-state index is 13.7. The number of nitrogens with two attached hydrogens (primary N) is 1. The number of carbonyl (C=O) groups is 1. The Hall–Kier alpha value is -2.28. The van der Waals surface area contributed by atoms with Crippen LogP contribution in [-0.2, 0) is 11.3 Å². The van der Waals surface area contributed by atoms with E-state index in [1.807, 2.05) is 19.1 Å². The fourth-order valence-electron chi connectivity index (χ4n) is 6.70. The molecule has 0 atom stereocenters. The van der Waals surface area contributed by atoms with Crippen molar-refractivity contribution in [2.24, 2.45) is 17.8 Å². The van der Waals surface area contributed by atoms with Crippen molar-refractivity contribution in [3.05, 3.63) is 41.6 Å². The van der Waals surface area contributed by atoms with Gasteiger partial charge in [0, 0.05) is 23.8 Å². The number of aryl methyl sites for hydroxylation is 1. The highest BCUT2D eigenvalue weighted by molar-refractivity contribution is 7.99. The minimum absolute atomic E-state index is 0.0119. The Bertz CT molecular complexity index is 956. The van der Waals surface area contributed by atoms with Crippen LogP contribution in [0.4, 0.5) is 5.82 Å². The molecule has 170 valence electrons. The lowest BCUT2D eigenvalue weighted by molar-refractivity contribution is -0.149. The fourth-order valence-corrected chi connectivity index (χ4v) is 7.49. The monoisotopic (exact) mass is 452 g/mol. The van der Waals surface area contributed by atoms with Crippen molar-refractivity contribution in [2.75, 3.05) is 18.6 Å². The molecule has 1 heterocycles. The van der Waals surface area contributed by atoms with E-state index in [0.717, 1.165) is 54.0 Å². The molecule has 6 rings (SSSR count). The van der Waals surface area contributed by atoms with E-state index in [-0.39, 0.29) is 11.4 Å². The molecule has 0 radical (unpaired) electrons. The van der Waals surface area contributed by atoms with E-state index in [2.05, 4.69) is 27.0 Å². The van der Waals surface area contributed by atoms with Crippen molar-refractivity contribution in [3.8, 4) is 5.75 Å². The van der Waals surface area contributed by atoms with Crippen molar-refractivity contribution in [1.29, 1.82) is 0 Å². The highest BCUT2D eigenvalue weighted by Gasteiger charge is 2.54. The number of anilines is 1. The molecule has 4 bridgehead atoms. The number of aromatic nitrogens is 2. The maximum Gasteiger partial charge on any atom is 0.233 e. The summed E-state index contributed by atoms with van der Waals surface area (Å²) in [4.78, 5) is 24.7. The molecule has 4 fully saturated rings. The lowest BCUT2D eigenvalue weighted by Crippen LogP contribution is -2.61. The number of amides is 1. The molecule has 32 heavy (non-hydrogen) atoms. The van der Waals surface area contributed by atoms with Gasteiger partial charge >= 0.3 is 0 Å². The highest BCUT2D eigenvalue weighted by Crippen LogP contribution is 2.58. The summed E-state index contributed by atoms with van der Waals surface area (Å²) in [5.74, 6) is 4.09. The Morgan fingerprint density at radius 1 is 1.16 bits per heavy atom. The van der Waals surface area contributed by atoms with Crippen LogP contribution in [-0.4, -0.2) is 39.2 Å². The number of methoxy groups -OCH3 is 1. The van der Waals surface area contributed by atoms with E-state index in [4.69, 9.17) is 10.5 Å². The van der Waals surface area contributed by atoms with Crippen LogP contribution in [0.1, 0.15) is 49.8 Å². The number of ether oxygens (including phenoxy) is 1. The first kappa shape index (κ1) is 21.6. The molecule has 2 aromatic rings. The Morgan fingerprint density at radius 3 is 2.47 bits per heavy atom. The summed E-state index contributed by atoms with van der Waals surface area (Å²) < 4.78 is 5.44. The Balaban J connectivity index is 1.40. The Labute approximate surface area is 194 Å². The van der Waals surface area contributed by atoms with Crippen LogP contribution in [0.15, 0.2) is 35.5 Å². The minimum Gasteiger partial charge on any atom is -0.497 e. The molecule has 1 amide bonds. The lowest BCUT2D eigenvalue weighted by atomic mass is 9.52. The third-order valence-corrected chi connectivity index (χ3v) is 8.36. The molecular weight excluding hydrogens is 420 g/mol. The summed E-state index contributed by atoms with van der Waals surface area (Å²) in [6.45, 7) is 2.52. The molecule has 1 aromatic carbocycles. The second kappa shape index (κ2) is 8.58. The molecular formula is C25H32N4O2S. The highest BCUT2D eigenvalue weighted by atomic mass is 32.2. The van der Waals surface area contributed by atoms with Crippen LogP contribution in [0.3, 0.4) is 0 Å². The summed E-state index contributed by atoms with van der Waals surface area (Å²) >= 11 is 1.39. The summed E-state index contributed by atoms with van der Waals surface area (Å²) in [6.07, 6.45) is 7.50. The number of thioether (sulfide) groups is 1. The normalized spacial score (nSPS) is 28.0. The third-order valence-electron chi connectivity index (χ3n) is 7.53. The van der Waals surface area contributed by atoms with Crippen molar-refractivity contribution in [3.63, 3.8) is 0 Å². The summed E-state index contributed by atoms with van der Waals surface area (Å²) in [6, 6.07) is 9.86. The zero-order valence-electron chi connectivity index (χ0n) is 18.9. The Kier molecular flexibility index (Phi) is 5.78. The van der Waals surface area contributed by atoms with Crippen LogP contribution >= 0.6 is 11.8 Å². The maximum atomic E-state index is 13.7. The average molecular weight is 453 g/mol. The molecule has 0 spiro atoms. The number of benzene rings is 1. The number of hydrogen-bond acceptors (Lipinski definition) is 6. The van der Waals surface area contributed by atoms with Crippen LogP contribution in [0.25, 0.3) is 0 Å². The van der Waals surface area contributed by atoms with E-state index < -0.39 is 0 Å². The standard InChI is InChI=1S/C25H32N4O2S/c1-16-6-22(26)28-24(27-16)32-15-23(30)29(14-17-4-3-5-21(10-17)31-2)25-11-18-7-19(12-25)9-20(8-18)13-25/h3-6,10,18-20H,7-9,11-15H2,1-2H3,(H2,26,27,28). The summed E-state index contributed by atoms with van der Waals surface area (Å²) in [5, 5.41) is 0.572. The quantitative estimate of drug-likeness (QED) is 0.493. The van der Waals surface area contributed by atoms with Gasteiger partial charge in [-0.1, -0.05) is 23.9 Å². The first-order valence-electron chi connectivity index (χ1n) is 11.6. The SMILES string of the molecule is COc1cccc(CN(C(=O)CSc2nc(C)cc(N)n2)C23CC4CC(CC(C4)C2)C3)c1. The van der Waals surface area contributed by atoms with Crippen LogP contribution in [0, 0.1) is 24.7 Å². The van der Waals surface area contributed by atoms with Gasteiger partial charge < -0.3 is 15.4 Å². The number of nitrogen functional groups attached to an aromatic ring is 1. The van der Waals surface area contributed by atoms with Crippen molar-refractivity contribution in [1.82, 2.24) is 14.9 Å². The fraction of sp³-hybridized carbons (Fsp3) is 0.560. The molecule has 2 N–H and O–H groups in total. The van der Waals surface area contributed by atoms with Crippen molar-refractivity contribution >= 4 is 23.5 Å². The number of nitrogens with zero attached hydrogens (tertiary/aromatic N) is 3. The lowest BCUT2D eigenvalue weighted by Gasteiger charge is -2.60. The van der Waals surface area contributed by atoms with Gasteiger partial charge in [-0.05, 0) is 80.9 Å². The molecule has 7 heteroatoms. The van der Waals surface area contributed by atoms with Crippen LogP contribution in [0.2, 0.25) is 0 Å². The molecule has 4 aliphatic carbocycles. The second-order valence-corrected chi connectivity index (χ2v) is 10.9. The van der Waals surface area contributed by atoms with Gasteiger partial charge in [-0.2, -0.15) is 0 Å². The van der Waals surface area contributed by atoms with Crippen molar-refractivity contribution < 1.29 is 9.53 Å². The molecule has 4 saturated carbocycles. The number of rotatable bonds is 7. The first-order chi connectivity index (χ1) is 15.4. The molecule has 1 aromatic heterocycles. The average Bonchev–Trinajstić information content (AvgIpc) is 2.74. The smallest absolute Gasteiger partial charge is 0.233 e. The molecule has 0 unspecified atom stereocenters. The molecule has 4 aliphatic rings. The van der Waals surface area contributed by atoms with Gasteiger partial charge in [0.1, 0.15) is 11.6 Å².